The van der Waals surface area contributed by atoms with Crippen LogP contribution in [0.4, 0.5) is 0 Å². The van der Waals surface area contributed by atoms with Gasteiger partial charge in [-0.3, -0.25) is 9.59 Å². The number of benzene rings is 1. The number of rotatable bonds is 5. The molecule has 3 rings (SSSR count). The van der Waals surface area contributed by atoms with Gasteiger partial charge in [0, 0.05) is 17.2 Å². The SMILES string of the molecule is CN1CCC(C(=O)c2cccc(CC(=O)c3ccccc3Cl)n2)CC1. The molecular weight excluding hydrogens is 336 g/mol. The Bertz CT molecular complexity index is 783. The number of hydrogen-bond acceptors (Lipinski definition) is 4. The Morgan fingerprint density at radius 3 is 2.56 bits per heavy atom. The fourth-order valence-electron chi connectivity index (χ4n) is 3.14. The molecule has 2 aromatic rings. The van der Waals surface area contributed by atoms with Gasteiger partial charge in [-0.05, 0) is 57.2 Å². The van der Waals surface area contributed by atoms with Crippen LogP contribution in [0.5, 0.6) is 0 Å². The lowest BCUT2D eigenvalue weighted by Gasteiger charge is -2.27. The summed E-state index contributed by atoms with van der Waals surface area (Å²) in [4.78, 5) is 31.8. The second kappa shape index (κ2) is 7.89. The molecule has 1 aliphatic heterocycles. The van der Waals surface area contributed by atoms with E-state index in [1.54, 1.807) is 42.5 Å². The number of likely N-dealkylation sites (tertiary alicyclic amines) is 1. The van der Waals surface area contributed by atoms with Crippen molar-refractivity contribution in [2.45, 2.75) is 19.3 Å². The van der Waals surface area contributed by atoms with E-state index in [1.165, 1.54) is 0 Å². The largest absolute Gasteiger partial charge is 0.306 e. The Kier molecular flexibility index (Phi) is 5.61. The Hall–Kier alpha value is -2.04. The molecule has 0 amide bonds. The number of hydrogen-bond donors (Lipinski definition) is 0. The molecule has 0 spiro atoms. The smallest absolute Gasteiger partial charge is 0.184 e. The number of pyridine rings is 1. The third-order valence-electron chi connectivity index (χ3n) is 4.66. The monoisotopic (exact) mass is 356 g/mol. The normalized spacial score (nSPS) is 15.9. The van der Waals surface area contributed by atoms with Gasteiger partial charge in [0.1, 0.15) is 5.69 Å². The highest BCUT2D eigenvalue weighted by Crippen LogP contribution is 2.21. The predicted octanol–water partition coefficient (Wildman–Crippen LogP) is 3.68. The highest BCUT2D eigenvalue weighted by molar-refractivity contribution is 6.34. The number of carbonyl (C=O) groups excluding carboxylic acids is 2. The first-order valence-corrected chi connectivity index (χ1v) is 8.89. The van der Waals surface area contributed by atoms with E-state index in [4.69, 9.17) is 11.6 Å². The number of carbonyl (C=O) groups is 2. The average molecular weight is 357 g/mol. The maximum atomic E-state index is 12.7. The summed E-state index contributed by atoms with van der Waals surface area (Å²) in [6.07, 6.45) is 1.86. The zero-order chi connectivity index (χ0) is 17.8. The van der Waals surface area contributed by atoms with Gasteiger partial charge in [-0.2, -0.15) is 0 Å². The van der Waals surface area contributed by atoms with E-state index in [2.05, 4.69) is 16.9 Å². The molecule has 0 N–H and O–H groups in total. The Morgan fingerprint density at radius 1 is 1.12 bits per heavy atom. The molecule has 2 heterocycles. The first kappa shape index (κ1) is 17.8. The quantitative estimate of drug-likeness (QED) is 0.767. The number of piperidine rings is 1. The molecule has 130 valence electrons. The minimum Gasteiger partial charge on any atom is -0.306 e. The van der Waals surface area contributed by atoms with E-state index < -0.39 is 0 Å². The van der Waals surface area contributed by atoms with Crippen molar-refractivity contribution in [1.82, 2.24) is 9.88 Å². The van der Waals surface area contributed by atoms with Crippen LogP contribution >= 0.6 is 11.6 Å². The summed E-state index contributed by atoms with van der Waals surface area (Å²) in [5.74, 6) is 0.0142. The standard InChI is InChI=1S/C20H21ClN2O2/c1-23-11-9-14(10-12-23)20(25)18-8-4-5-15(22-18)13-19(24)16-6-2-3-7-17(16)21/h2-8,14H,9-13H2,1H3. The summed E-state index contributed by atoms with van der Waals surface area (Å²) >= 11 is 6.08. The van der Waals surface area contributed by atoms with Gasteiger partial charge in [-0.1, -0.05) is 29.8 Å². The molecule has 1 aliphatic rings. The van der Waals surface area contributed by atoms with Crippen LogP contribution in [0.1, 0.15) is 39.4 Å². The van der Waals surface area contributed by atoms with Crippen LogP contribution in [0.15, 0.2) is 42.5 Å². The zero-order valence-electron chi connectivity index (χ0n) is 14.2. The third kappa shape index (κ3) is 4.33. The van der Waals surface area contributed by atoms with E-state index in [9.17, 15) is 9.59 Å². The molecule has 0 radical (unpaired) electrons. The highest BCUT2D eigenvalue weighted by atomic mass is 35.5. The lowest BCUT2D eigenvalue weighted by molar-refractivity contribution is 0.0850. The van der Waals surface area contributed by atoms with Crippen LogP contribution in [-0.2, 0) is 6.42 Å². The Balaban J connectivity index is 1.72. The molecule has 0 atom stereocenters. The number of nitrogens with zero attached hydrogens (tertiary/aromatic N) is 2. The van der Waals surface area contributed by atoms with Crippen LogP contribution in [-0.4, -0.2) is 41.6 Å². The number of halogens is 1. The number of aromatic nitrogens is 1. The molecule has 0 bridgehead atoms. The van der Waals surface area contributed by atoms with Crippen LogP contribution in [0.2, 0.25) is 5.02 Å². The first-order valence-electron chi connectivity index (χ1n) is 8.51. The molecule has 0 aliphatic carbocycles. The first-order chi connectivity index (χ1) is 12.0. The zero-order valence-corrected chi connectivity index (χ0v) is 15.0. The molecule has 25 heavy (non-hydrogen) atoms. The van der Waals surface area contributed by atoms with Crippen molar-refractivity contribution in [1.29, 1.82) is 0 Å². The van der Waals surface area contributed by atoms with Gasteiger partial charge in [0.25, 0.3) is 0 Å². The van der Waals surface area contributed by atoms with Crippen LogP contribution in [0, 0.1) is 5.92 Å². The molecule has 1 aromatic heterocycles. The fraction of sp³-hybridized carbons (Fsp3) is 0.350. The molecule has 5 heteroatoms. The summed E-state index contributed by atoms with van der Waals surface area (Å²) in [7, 11) is 2.07. The van der Waals surface area contributed by atoms with Crippen LogP contribution in [0.25, 0.3) is 0 Å². The van der Waals surface area contributed by atoms with Gasteiger partial charge >= 0.3 is 0 Å². The highest BCUT2D eigenvalue weighted by Gasteiger charge is 2.25. The predicted molar refractivity (Wildman–Crippen MR) is 98.3 cm³/mol. The van der Waals surface area contributed by atoms with E-state index in [-0.39, 0.29) is 23.9 Å². The van der Waals surface area contributed by atoms with Crippen molar-refractivity contribution < 1.29 is 9.59 Å². The van der Waals surface area contributed by atoms with E-state index >= 15 is 0 Å². The van der Waals surface area contributed by atoms with E-state index in [0.29, 0.717) is 22.0 Å². The van der Waals surface area contributed by atoms with Crippen molar-refractivity contribution >= 4 is 23.2 Å². The molecule has 0 unspecified atom stereocenters. The topological polar surface area (TPSA) is 50.3 Å². The fourth-order valence-corrected chi connectivity index (χ4v) is 3.38. The second-order valence-electron chi connectivity index (χ2n) is 6.54. The molecular formula is C20H21ClN2O2. The average Bonchev–Trinajstić information content (AvgIpc) is 2.62. The minimum absolute atomic E-state index is 0.0261. The maximum Gasteiger partial charge on any atom is 0.184 e. The van der Waals surface area contributed by atoms with Crippen LogP contribution in [0.3, 0.4) is 0 Å². The molecule has 1 saturated heterocycles. The van der Waals surface area contributed by atoms with Crippen molar-refractivity contribution in [3.8, 4) is 0 Å². The third-order valence-corrected chi connectivity index (χ3v) is 4.99. The minimum atomic E-state index is -0.0954. The number of Topliss-reactive ketones (excluding diaryl/α,β-unsaturated/α-hetero) is 2. The van der Waals surface area contributed by atoms with Gasteiger partial charge < -0.3 is 4.90 Å². The van der Waals surface area contributed by atoms with Gasteiger partial charge in [-0.25, -0.2) is 4.98 Å². The lowest BCUT2D eigenvalue weighted by atomic mass is 9.91. The van der Waals surface area contributed by atoms with Gasteiger partial charge in [0.05, 0.1) is 11.4 Å². The van der Waals surface area contributed by atoms with E-state index in [0.717, 1.165) is 25.9 Å². The Morgan fingerprint density at radius 2 is 1.84 bits per heavy atom. The summed E-state index contributed by atoms with van der Waals surface area (Å²) in [5, 5.41) is 0.436. The van der Waals surface area contributed by atoms with E-state index in [1.807, 2.05) is 0 Å². The molecule has 0 saturated carbocycles. The van der Waals surface area contributed by atoms with Crippen molar-refractivity contribution in [2.75, 3.05) is 20.1 Å². The lowest BCUT2D eigenvalue weighted by Crippen LogP contribution is -2.33. The molecule has 1 aromatic carbocycles. The van der Waals surface area contributed by atoms with Crippen molar-refractivity contribution in [3.63, 3.8) is 0 Å². The van der Waals surface area contributed by atoms with Crippen molar-refractivity contribution in [3.05, 3.63) is 64.4 Å². The summed E-state index contributed by atoms with van der Waals surface area (Å²) < 4.78 is 0. The summed E-state index contributed by atoms with van der Waals surface area (Å²) in [6, 6.07) is 12.3. The molecule has 4 nitrogen and oxygen atoms in total. The Labute approximate surface area is 152 Å². The van der Waals surface area contributed by atoms with Crippen LogP contribution < -0.4 is 0 Å². The summed E-state index contributed by atoms with van der Waals surface area (Å²) in [5.41, 5.74) is 1.54. The molecule has 1 fully saturated rings. The maximum absolute atomic E-state index is 12.7. The number of ketones is 2. The van der Waals surface area contributed by atoms with Gasteiger partial charge in [0.2, 0.25) is 0 Å². The second-order valence-corrected chi connectivity index (χ2v) is 6.94. The summed E-state index contributed by atoms with van der Waals surface area (Å²) in [6.45, 7) is 1.86. The van der Waals surface area contributed by atoms with Crippen molar-refractivity contribution in [2.24, 2.45) is 5.92 Å². The van der Waals surface area contributed by atoms with Gasteiger partial charge in [0.15, 0.2) is 11.6 Å². The van der Waals surface area contributed by atoms with Gasteiger partial charge in [-0.15, -0.1) is 0 Å².